The zero-order valence-electron chi connectivity index (χ0n) is 12.2. The van der Waals surface area contributed by atoms with Gasteiger partial charge in [-0.05, 0) is 41.8 Å². The lowest BCUT2D eigenvalue weighted by Crippen LogP contribution is -2.21. The predicted octanol–water partition coefficient (Wildman–Crippen LogP) is 4.00. The van der Waals surface area contributed by atoms with E-state index in [-0.39, 0.29) is 18.3 Å². The highest BCUT2D eigenvalue weighted by Gasteiger charge is 2.04. The van der Waals surface area contributed by atoms with Gasteiger partial charge >= 0.3 is 0 Å². The average molecular weight is 286 g/mol. The minimum atomic E-state index is -0.370. The van der Waals surface area contributed by atoms with E-state index in [0.29, 0.717) is 11.6 Å². The van der Waals surface area contributed by atoms with Gasteiger partial charge in [0, 0.05) is 11.4 Å². The molecule has 0 aromatic heterocycles. The first-order chi connectivity index (χ1) is 10.0. The molecule has 2 N–H and O–H groups in total. The van der Waals surface area contributed by atoms with Crippen molar-refractivity contribution in [2.75, 3.05) is 17.2 Å². The predicted molar refractivity (Wildman–Crippen MR) is 84.1 cm³/mol. The quantitative estimate of drug-likeness (QED) is 0.872. The van der Waals surface area contributed by atoms with Crippen LogP contribution in [0.2, 0.25) is 0 Å². The van der Waals surface area contributed by atoms with Crippen LogP contribution in [0.15, 0.2) is 48.5 Å². The molecular weight excluding hydrogens is 267 g/mol. The Hall–Kier alpha value is -2.36. The molecule has 0 aliphatic carbocycles. The van der Waals surface area contributed by atoms with Crippen molar-refractivity contribution in [2.24, 2.45) is 0 Å². The minimum Gasteiger partial charge on any atom is -0.376 e. The third kappa shape index (κ3) is 4.60. The van der Waals surface area contributed by atoms with Crippen molar-refractivity contribution in [1.29, 1.82) is 0 Å². The van der Waals surface area contributed by atoms with Crippen LogP contribution in [0.3, 0.4) is 0 Å². The summed E-state index contributed by atoms with van der Waals surface area (Å²) >= 11 is 0. The van der Waals surface area contributed by atoms with Crippen molar-refractivity contribution < 1.29 is 9.18 Å². The van der Waals surface area contributed by atoms with Crippen molar-refractivity contribution in [3.8, 4) is 0 Å². The Kier molecular flexibility index (Phi) is 4.93. The fourth-order valence-electron chi connectivity index (χ4n) is 1.94. The summed E-state index contributed by atoms with van der Waals surface area (Å²) in [5.41, 5.74) is 2.59. The maximum absolute atomic E-state index is 13.0. The molecule has 0 atom stereocenters. The molecule has 0 fully saturated rings. The van der Waals surface area contributed by atoms with Crippen LogP contribution in [0.4, 0.5) is 15.8 Å². The molecule has 4 heteroatoms. The molecule has 0 aliphatic heterocycles. The van der Waals surface area contributed by atoms with Gasteiger partial charge in [0.25, 0.3) is 0 Å². The zero-order chi connectivity index (χ0) is 15.2. The molecule has 2 rings (SSSR count). The Labute approximate surface area is 124 Å². The second-order valence-corrected chi connectivity index (χ2v) is 5.19. The topological polar surface area (TPSA) is 41.1 Å². The molecule has 3 nitrogen and oxygen atoms in total. The zero-order valence-corrected chi connectivity index (χ0v) is 12.2. The van der Waals surface area contributed by atoms with E-state index in [4.69, 9.17) is 0 Å². The Balaban J connectivity index is 1.86. The number of hydrogen-bond donors (Lipinski definition) is 2. The Morgan fingerprint density at radius 3 is 2.43 bits per heavy atom. The number of carbonyl (C=O) groups excluding carboxylic acids is 1. The van der Waals surface area contributed by atoms with Gasteiger partial charge in [0.15, 0.2) is 0 Å². The molecule has 110 valence electrons. The number of halogens is 1. The van der Waals surface area contributed by atoms with Gasteiger partial charge in [0.1, 0.15) is 5.82 Å². The van der Waals surface area contributed by atoms with Crippen LogP contribution in [-0.4, -0.2) is 12.5 Å². The molecule has 0 heterocycles. The third-order valence-electron chi connectivity index (χ3n) is 3.14. The van der Waals surface area contributed by atoms with E-state index in [1.54, 1.807) is 12.1 Å². The second-order valence-electron chi connectivity index (χ2n) is 5.19. The van der Waals surface area contributed by atoms with Crippen LogP contribution in [0, 0.1) is 5.82 Å². The first-order valence-electron chi connectivity index (χ1n) is 6.94. The van der Waals surface area contributed by atoms with Crippen LogP contribution >= 0.6 is 0 Å². The summed E-state index contributed by atoms with van der Waals surface area (Å²) in [5, 5.41) is 5.68. The van der Waals surface area contributed by atoms with Crippen LogP contribution in [0.5, 0.6) is 0 Å². The summed E-state index contributed by atoms with van der Waals surface area (Å²) in [6.07, 6.45) is 0. The molecule has 0 aliphatic rings. The molecular formula is C17H19FN2O. The van der Waals surface area contributed by atoms with Crippen LogP contribution < -0.4 is 10.6 Å². The largest absolute Gasteiger partial charge is 0.376 e. The average Bonchev–Trinajstić information content (AvgIpc) is 2.45. The molecule has 0 bridgehead atoms. The van der Waals surface area contributed by atoms with Crippen LogP contribution in [-0.2, 0) is 4.79 Å². The van der Waals surface area contributed by atoms with Gasteiger partial charge in [-0.15, -0.1) is 0 Å². The molecule has 0 unspecified atom stereocenters. The summed E-state index contributed by atoms with van der Waals surface area (Å²) in [5.74, 6) is -0.103. The maximum atomic E-state index is 13.0. The van der Waals surface area contributed by atoms with E-state index in [1.165, 1.54) is 17.7 Å². The fourth-order valence-corrected chi connectivity index (χ4v) is 1.94. The Morgan fingerprint density at radius 2 is 1.81 bits per heavy atom. The number of anilines is 2. The maximum Gasteiger partial charge on any atom is 0.243 e. The summed E-state index contributed by atoms with van der Waals surface area (Å²) in [6.45, 7) is 4.40. The van der Waals surface area contributed by atoms with Gasteiger partial charge < -0.3 is 10.6 Å². The lowest BCUT2D eigenvalue weighted by Gasteiger charge is -2.10. The van der Waals surface area contributed by atoms with Crippen molar-refractivity contribution in [3.63, 3.8) is 0 Å². The molecule has 21 heavy (non-hydrogen) atoms. The molecule has 1 amide bonds. The highest BCUT2D eigenvalue weighted by Crippen LogP contribution is 2.17. The molecule has 2 aromatic carbocycles. The van der Waals surface area contributed by atoms with Crippen molar-refractivity contribution in [3.05, 3.63) is 59.9 Å². The third-order valence-corrected chi connectivity index (χ3v) is 3.14. The molecule has 0 saturated heterocycles. The minimum absolute atomic E-state index is 0.136. The van der Waals surface area contributed by atoms with E-state index >= 15 is 0 Å². The SMILES string of the molecule is CC(C)c1ccc(NCC(=O)Nc2cccc(F)c2)cc1. The highest BCUT2D eigenvalue weighted by atomic mass is 19.1. The van der Waals surface area contributed by atoms with E-state index < -0.39 is 0 Å². The van der Waals surface area contributed by atoms with Gasteiger partial charge in [-0.2, -0.15) is 0 Å². The summed E-state index contributed by atoms with van der Waals surface area (Å²) in [6, 6.07) is 13.8. The normalized spacial score (nSPS) is 10.5. The summed E-state index contributed by atoms with van der Waals surface area (Å²) in [4.78, 5) is 11.8. The van der Waals surface area contributed by atoms with Crippen molar-refractivity contribution in [1.82, 2.24) is 0 Å². The summed E-state index contributed by atoms with van der Waals surface area (Å²) < 4.78 is 13.0. The number of carbonyl (C=O) groups is 1. The number of benzene rings is 2. The molecule has 0 saturated carbocycles. The van der Waals surface area contributed by atoms with Gasteiger partial charge in [-0.3, -0.25) is 4.79 Å². The second kappa shape index (κ2) is 6.88. The van der Waals surface area contributed by atoms with Crippen LogP contribution in [0.1, 0.15) is 25.3 Å². The molecule has 0 spiro atoms. The Bertz CT molecular complexity index is 608. The Morgan fingerprint density at radius 1 is 1.10 bits per heavy atom. The summed E-state index contributed by atoms with van der Waals surface area (Å²) in [7, 11) is 0. The number of hydrogen-bond acceptors (Lipinski definition) is 2. The van der Waals surface area contributed by atoms with Gasteiger partial charge in [-0.25, -0.2) is 4.39 Å². The number of rotatable bonds is 5. The lowest BCUT2D eigenvalue weighted by molar-refractivity contribution is -0.114. The van der Waals surface area contributed by atoms with Gasteiger partial charge in [0.05, 0.1) is 6.54 Å². The van der Waals surface area contributed by atoms with E-state index in [9.17, 15) is 9.18 Å². The molecule has 0 radical (unpaired) electrons. The monoisotopic (exact) mass is 286 g/mol. The van der Waals surface area contributed by atoms with Gasteiger partial charge in [-0.1, -0.05) is 32.0 Å². The lowest BCUT2D eigenvalue weighted by atomic mass is 10.0. The first kappa shape index (κ1) is 15.0. The fraction of sp³-hybridized carbons (Fsp3) is 0.235. The van der Waals surface area contributed by atoms with Crippen molar-refractivity contribution >= 4 is 17.3 Å². The first-order valence-corrected chi connectivity index (χ1v) is 6.94. The van der Waals surface area contributed by atoms with Crippen molar-refractivity contribution in [2.45, 2.75) is 19.8 Å². The van der Waals surface area contributed by atoms with Crippen LogP contribution in [0.25, 0.3) is 0 Å². The van der Waals surface area contributed by atoms with Gasteiger partial charge in [0.2, 0.25) is 5.91 Å². The smallest absolute Gasteiger partial charge is 0.243 e. The van der Waals surface area contributed by atoms with E-state index in [1.807, 2.05) is 24.3 Å². The standard InChI is InChI=1S/C17H19FN2O/c1-12(2)13-6-8-15(9-7-13)19-11-17(21)20-16-5-3-4-14(18)10-16/h3-10,12,19H,11H2,1-2H3,(H,20,21). The highest BCUT2D eigenvalue weighted by molar-refractivity contribution is 5.93. The molecule has 2 aromatic rings. The number of amides is 1. The van der Waals surface area contributed by atoms with E-state index in [0.717, 1.165) is 5.69 Å². The number of nitrogens with one attached hydrogen (secondary N) is 2. The van der Waals surface area contributed by atoms with E-state index in [2.05, 4.69) is 24.5 Å².